The third-order valence-electron chi connectivity index (χ3n) is 2.73. The monoisotopic (exact) mass is 247 g/mol. The van der Waals surface area contributed by atoms with E-state index in [1.54, 1.807) is 31.2 Å². The van der Waals surface area contributed by atoms with Gasteiger partial charge >= 0.3 is 5.97 Å². The molecule has 0 saturated carbocycles. The molecule has 0 saturated heterocycles. The third-order valence-corrected chi connectivity index (χ3v) is 2.73. The lowest BCUT2D eigenvalue weighted by molar-refractivity contribution is -0.154. The Balaban J connectivity index is 2.82. The second kappa shape index (κ2) is 6.06. The summed E-state index contributed by atoms with van der Waals surface area (Å²) < 4.78 is 5.55. The van der Waals surface area contributed by atoms with E-state index in [2.05, 4.69) is 6.07 Å². The quantitative estimate of drug-likeness (QED) is 0.839. The van der Waals surface area contributed by atoms with Crippen LogP contribution in [0.15, 0.2) is 24.3 Å². The molecule has 0 fully saturated rings. The molecule has 1 rings (SSSR count). The average molecular weight is 247 g/mol. The van der Waals surface area contributed by atoms with Crippen molar-refractivity contribution in [1.82, 2.24) is 0 Å². The fraction of sp³-hybridized carbons (Fsp3) is 0.429. The molecule has 1 N–H and O–H groups in total. The number of carboxylic acid groups (broad SMARTS) is 1. The molecule has 4 nitrogen and oxygen atoms in total. The number of rotatable bonds is 6. The SMILES string of the molecule is CCCC(C)(Oc1ccc(CC#N)cc1)C(=O)O. The average Bonchev–Trinajstić information content (AvgIpc) is 2.32. The topological polar surface area (TPSA) is 70.3 Å². The first-order valence-corrected chi connectivity index (χ1v) is 5.90. The summed E-state index contributed by atoms with van der Waals surface area (Å²) >= 11 is 0. The zero-order valence-corrected chi connectivity index (χ0v) is 10.6. The zero-order chi connectivity index (χ0) is 13.6. The molecular weight excluding hydrogens is 230 g/mol. The number of hydrogen-bond acceptors (Lipinski definition) is 3. The standard InChI is InChI=1S/C14H17NO3/c1-3-9-14(2,13(16)17)18-12-6-4-11(5-7-12)8-10-15/h4-7H,3,8-9H2,1-2H3,(H,16,17). The predicted molar refractivity (Wildman–Crippen MR) is 67.3 cm³/mol. The predicted octanol–water partition coefficient (Wildman–Crippen LogP) is 2.77. The van der Waals surface area contributed by atoms with Crippen molar-refractivity contribution < 1.29 is 14.6 Å². The van der Waals surface area contributed by atoms with Crippen LogP contribution in [-0.4, -0.2) is 16.7 Å². The Bertz CT molecular complexity index is 447. The molecule has 0 radical (unpaired) electrons. The number of nitrogens with zero attached hydrogens (tertiary/aromatic N) is 1. The molecule has 0 aliphatic heterocycles. The Morgan fingerprint density at radius 3 is 2.50 bits per heavy atom. The molecule has 0 spiro atoms. The third kappa shape index (κ3) is 3.49. The molecule has 1 atom stereocenters. The van der Waals surface area contributed by atoms with Crippen molar-refractivity contribution in [2.45, 2.75) is 38.7 Å². The molecule has 1 aromatic rings. The summed E-state index contributed by atoms with van der Waals surface area (Å²) in [4.78, 5) is 11.2. The van der Waals surface area contributed by atoms with Crippen molar-refractivity contribution >= 4 is 5.97 Å². The van der Waals surface area contributed by atoms with Crippen LogP contribution in [0.4, 0.5) is 0 Å². The molecule has 1 unspecified atom stereocenters. The van der Waals surface area contributed by atoms with Crippen LogP contribution in [-0.2, 0) is 11.2 Å². The van der Waals surface area contributed by atoms with Crippen molar-refractivity contribution in [2.24, 2.45) is 0 Å². The van der Waals surface area contributed by atoms with Gasteiger partial charge in [-0.1, -0.05) is 25.5 Å². The molecule has 4 heteroatoms. The van der Waals surface area contributed by atoms with Gasteiger partial charge in [-0.2, -0.15) is 5.26 Å². The molecule has 0 bridgehead atoms. The van der Waals surface area contributed by atoms with E-state index >= 15 is 0 Å². The summed E-state index contributed by atoms with van der Waals surface area (Å²) in [5.74, 6) is -0.458. The van der Waals surface area contributed by atoms with Crippen molar-refractivity contribution in [3.8, 4) is 11.8 Å². The van der Waals surface area contributed by atoms with Crippen molar-refractivity contribution in [1.29, 1.82) is 5.26 Å². The van der Waals surface area contributed by atoms with E-state index in [0.29, 0.717) is 18.6 Å². The van der Waals surface area contributed by atoms with E-state index in [4.69, 9.17) is 10.00 Å². The summed E-state index contributed by atoms with van der Waals surface area (Å²) in [6, 6.07) is 8.99. The summed E-state index contributed by atoms with van der Waals surface area (Å²) in [7, 11) is 0. The fourth-order valence-corrected chi connectivity index (χ4v) is 1.71. The molecule has 0 amide bonds. The first-order chi connectivity index (χ1) is 8.51. The highest BCUT2D eigenvalue weighted by Gasteiger charge is 2.34. The van der Waals surface area contributed by atoms with Gasteiger partial charge in [0.25, 0.3) is 0 Å². The number of carbonyl (C=O) groups is 1. The first kappa shape index (κ1) is 14.0. The second-order valence-electron chi connectivity index (χ2n) is 4.37. The van der Waals surface area contributed by atoms with Gasteiger partial charge in [0.15, 0.2) is 0 Å². The van der Waals surface area contributed by atoms with Crippen LogP contribution in [0.25, 0.3) is 0 Å². The molecule has 0 heterocycles. The van der Waals surface area contributed by atoms with E-state index in [1.165, 1.54) is 0 Å². The molecule has 0 aliphatic carbocycles. The summed E-state index contributed by atoms with van der Waals surface area (Å²) in [6.07, 6.45) is 1.52. The van der Waals surface area contributed by atoms with Gasteiger partial charge in [0.2, 0.25) is 5.60 Å². The lowest BCUT2D eigenvalue weighted by atomic mass is 10.0. The normalized spacial score (nSPS) is 13.4. The minimum atomic E-state index is -1.20. The van der Waals surface area contributed by atoms with E-state index in [1.807, 2.05) is 6.92 Å². The van der Waals surface area contributed by atoms with Crippen LogP contribution in [0.3, 0.4) is 0 Å². The van der Waals surface area contributed by atoms with Gasteiger partial charge in [0.05, 0.1) is 12.5 Å². The maximum absolute atomic E-state index is 11.2. The first-order valence-electron chi connectivity index (χ1n) is 5.90. The van der Waals surface area contributed by atoms with E-state index in [9.17, 15) is 9.90 Å². The van der Waals surface area contributed by atoms with Gasteiger partial charge in [-0.3, -0.25) is 0 Å². The Hall–Kier alpha value is -2.02. The lowest BCUT2D eigenvalue weighted by Gasteiger charge is -2.25. The van der Waals surface area contributed by atoms with Gasteiger partial charge in [-0.05, 0) is 31.0 Å². The molecular formula is C14H17NO3. The Kier molecular flexibility index (Phi) is 4.73. The molecule has 0 aromatic heterocycles. The Morgan fingerprint density at radius 1 is 1.44 bits per heavy atom. The van der Waals surface area contributed by atoms with Crippen LogP contribution in [0, 0.1) is 11.3 Å². The molecule has 18 heavy (non-hydrogen) atoms. The summed E-state index contributed by atoms with van der Waals surface area (Å²) in [5, 5.41) is 17.8. The maximum atomic E-state index is 11.2. The summed E-state index contributed by atoms with van der Waals surface area (Å²) in [6.45, 7) is 3.49. The van der Waals surface area contributed by atoms with Gasteiger partial charge in [-0.15, -0.1) is 0 Å². The van der Waals surface area contributed by atoms with E-state index in [0.717, 1.165) is 12.0 Å². The number of hydrogen-bond donors (Lipinski definition) is 1. The van der Waals surface area contributed by atoms with Gasteiger partial charge < -0.3 is 9.84 Å². The minimum absolute atomic E-state index is 0.339. The van der Waals surface area contributed by atoms with Crippen LogP contribution in [0.1, 0.15) is 32.3 Å². The van der Waals surface area contributed by atoms with Crippen molar-refractivity contribution in [2.75, 3.05) is 0 Å². The zero-order valence-electron chi connectivity index (χ0n) is 10.6. The Labute approximate surface area is 107 Å². The molecule has 0 aliphatic rings. The number of ether oxygens (including phenoxy) is 1. The highest BCUT2D eigenvalue weighted by molar-refractivity contribution is 5.77. The van der Waals surface area contributed by atoms with Crippen LogP contribution in [0.2, 0.25) is 0 Å². The fourth-order valence-electron chi connectivity index (χ4n) is 1.71. The van der Waals surface area contributed by atoms with Gasteiger partial charge in [0, 0.05) is 0 Å². The van der Waals surface area contributed by atoms with Gasteiger partial charge in [-0.25, -0.2) is 4.79 Å². The highest BCUT2D eigenvalue weighted by Crippen LogP contribution is 2.23. The number of carboxylic acids is 1. The Morgan fingerprint density at radius 2 is 2.06 bits per heavy atom. The maximum Gasteiger partial charge on any atom is 0.347 e. The van der Waals surface area contributed by atoms with Crippen LogP contribution in [0.5, 0.6) is 5.75 Å². The molecule has 96 valence electrons. The number of nitriles is 1. The smallest absolute Gasteiger partial charge is 0.347 e. The van der Waals surface area contributed by atoms with E-state index in [-0.39, 0.29) is 0 Å². The minimum Gasteiger partial charge on any atom is -0.478 e. The molecule has 1 aromatic carbocycles. The lowest BCUT2D eigenvalue weighted by Crippen LogP contribution is -2.41. The van der Waals surface area contributed by atoms with Crippen molar-refractivity contribution in [3.63, 3.8) is 0 Å². The van der Waals surface area contributed by atoms with Crippen LogP contribution < -0.4 is 4.74 Å². The van der Waals surface area contributed by atoms with Crippen molar-refractivity contribution in [3.05, 3.63) is 29.8 Å². The number of benzene rings is 1. The number of aliphatic carboxylic acids is 1. The van der Waals surface area contributed by atoms with E-state index < -0.39 is 11.6 Å². The largest absolute Gasteiger partial charge is 0.478 e. The highest BCUT2D eigenvalue weighted by atomic mass is 16.5. The summed E-state index contributed by atoms with van der Waals surface area (Å²) in [5.41, 5.74) is -0.316. The van der Waals surface area contributed by atoms with Crippen LogP contribution >= 0.6 is 0 Å². The second-order valence-corrected chi connectivity index (χ2v) is 4.37. The van der Waals surface area contributed by atoms with Gasteiger partial charge in [0.1, 0.15) is 5.75 Å².